The lowest BCUT2D eigenvalue weighted by atomic mass is 10.0. The summed E-state index contributed by atoms with van der Waals surface area (Å²) < 4.78 is 0. The van der Waals surface area contributed by atoms with Crippen molar-refractivity contribution in [3.63, 3.8) is 0 Å². The number of nitrogens with one attached hydrogen (secondary N) is 1. The highest BCUT2D eigenvalue weighted by Crippen LogP contribution is 2.28. The van der Waals surface area contributed by atoms with Gasteiger partial charge < -0.3 is 10.4 Å². The molecule has 3 heteroatoms. The monoisotopic (exact) mass is 289 g/mol. The Hall–Kier alpha value is -1.67. The van der Waals surface area contributed by atoms with E-state index in [2.05, 4.69) is 12.2 Å². The highest BCUT2D eigenvalue weighted by molar-refractivity contribution is 6.30. The van der Waals surface area contributed by atoms with Gasteiger partial charge >= 0.3 is 0 Å². The maximum atomic E-state index is 9.97. The third-order valence-corrected chi connectivity index (χ3v) is 3.74. The van der Waals surface area contributed by atoms with Crippen LogP contribution in [0.5, 0.6) is 5.75 Å². The number of rotatable bonds is 4. The first-order valence-electron chi connectivity index (χ1n) is 6.77. The number of aryl methyl sites for hydroxylation is 1. The molecule has 0 saturated carbocycles. The Morgan fingerprint density at radius 2 is 1.75 bits per heavy atom. The van der Waals surface area contributed by atoms with E-state index in [9.17, 15) is 5.11 Å². The van der Waals surface area contributed by atoms with Crippen LogP contribution in [0.15, 0.2) is 36.4 Å². The first-order chi connectivity index (χ1) is 9.47. The van der Waals surface area contributed by atoms with Crippen molar-refractivity contribution < 1.29 is 5.11 Å². The lowest BCUT2D eigenvalue weighted by molar-refractivity contribution is 0.467. The number of halogens is 1. The molecule has 2 rings (SSSR count). The summed E-state index contributed by atoms with van der Waals surface area (Å²) in [5, 5.41) is 14.2. The average Bonchev–Trinajstić information content (AvgIpc) is 2.42. The van der Waals surface area contributed by atoms with Gasteiger partial charge in [0.2, 0.25) is 0 Å². The molecule has 0 aliphatic carbocycles. The molecule has 2 aromatic carbocycles. The minimum atomic E-state index is 0.275. The van der Waals surface area contributed by atoms with E-state index in [-0.39, 0.29) is 6.04 Å². The summed E-state index contributed by atoms with van der Waals surface area (Å²) in [5.74, 6) is 0.369. The molecular formula is C17H20ClNO. The zero-order chi connectivity index (χ0) is 14.7. The van der Waals surface area contributed by atoms with Crippen molar-refractivity contribution in [1.29, 1.82) is 0 Å². The number of hydrogen-bond acceptors (Lipinski definition) is 2. The van der Waals surface area contributed by atoms with Gasteiger partial charge in [0, 0.05) is 22.3 Å². The third kappa shape index (κ3) is 3.45. The smallest absolute Gasteiger partial charge is 0.123 e. The van der Waals surface area contributed by atoms with E-state index in [1.807, 2.05) is 50.2 Å². The highest BCUT2D eigenvalue weighted by atomic mass is 35.5. The Labute approximate surface area is 125 Å². The molecule has 0 bridgehead atoms. The Bertz CT molecular complexity index is 593. The topological polar surface area (TPSA) is 32.3 Å². The van der Waals surface area contributed by atoms with Crippen molar-refractivity contribution in [2.24, 2.45) is 0 Å². The van der Waals surface area contributed by atoms with Gasteiger partial charge in [-0.3, -0.25) is 0 Å². The molecule has 20 heavy (non-hydrogen) atoms. The molecule has 0 amide bonds. The fourth-order valence-electron chi connectivity index (χ4n) is 2.28. The summed E-state index contributed by atoms with van der Waals surface area (Å²) in [5.41, 5.74) is 4.02. The highest BCUT2D eigenvalue weighted by Gasteiger charge is 2.09. The molecule has 0 radical (unpaired) electrons. The van der Waals surface area contributed by atoms with Crippen LogP contribution in [0.25, 0.3) is 0 Å². The number of phenols is 1. The van der Waals surface area contributed by atoms with E-state index >= 15 is 0 Å². The van der Waals surface area contributed by atoms with Crippen molar-refractivity contribution in [3.8, 4) is 5.75 Å². The van der Waals surface area contributed by atoms with Gasteiger partial charge in [-0.1, -0.05) is 29.8 Å². The fourth-order valence-corrected chi connectivity index (χ4v) is 2.41. The summed E-state index contributed by atoms with van der Waals surface area (Å²) in [6.07, 6.45) is 0.908. The standard InChI is InChI=1S/C17H20ClNO/c1-11-4-9-16(13(3)17(11)20)19-12(2)10-14-5-7-15(18)8-6-14/h4-9,12,19-20H,10H2,1-3H3. The Balaban J connectivity index is 2.06. The number of anilines is 1. The van der Waals surface area contributed by atoms with Gasteiger partial charge in [0.05, 0.1) is 0 Å². The zero-order valence-electron chi connectivity index (χ0n) is 12.1. The van der Waals surface area contributed by atoms with E-state index in [1.54, 1.807) is 0 Å². The molecule has 0 aliphatic heterocycles. The first kappa shape index (κ1) is 14.7. The maximum Gasteiger partial charge on any atom is 0.123 e. The second kappa shape index (κ2) is 6.19. The summed E-state index contributed by atoms with van der Waals surface area (Å²) in [6.45, 7) is 5.97. The molecule has 2 nitrogen and oxygen atoms in total. The van der Waals surface area contributed by atoms with Gasteiger partial charge in [-0.25, -0.2) is 0 Å². The number of benzene rings is 2. The Kier molecular flexibility index (Phi) is 4.56. The molecule has 0 fully saturated rings. The molecule has 106 valence electrons. The molecule has 0 heterocycles. The van der Waals surface area contributed by atoms with Crippen molar-refractivity contribution in [1.82, 2.24) is 0 Å². The summed E-state index contributed by atoms with van der Waals surface area (Å²) >= 11 is 5.89. The lowest BCUT2D eigenvalue weighted by Crippen LogP contribution is -2.18. The molecule has 0 saturated heterocycles. The predicted molar refractivity (Wildman–Crippen MR) is 85.8 cm³/mol. The maximum absolute atomic E-state index is 9.97. The largest absolute Gasteiger partial charge is 0.507 e. The molecule has 0 spiro atoms. The molecule has 2 aromatic rings. The van der Waals surface area contributed by atoms with Gasteiger partial charge in [0.15, 0.2) is 0 Å². The Morgan fingerprint density at radius 1 is 1.10 bits per heavy atom. The second-order valence-corrected chi connectivity index (χ2v) is 5.72. The van der Waals surface area contributed by atoms with Gasteiger partial charge in [0.25, 0.3) is 0 Å². The minimum absolute atomic E-state index is 0.275. The zero-order valence-corrected chi connectivity index (χ0v) is 12.8. The lowest BCUT2D eigenvalue weighted by Gasteiger charge is -2.18. The summed E-state index contributed by atoms with van der Waals surface area (Å²) in [7, 11) is 0. The third-order valence-electron chi connectivity index (χ3n) is 3.49. The van der Waals surface area contributed by atoms with Crippen LogP contribution in [0.4, 0.5) is 5.69 Å². The van der Waals surface area contributed by atoms with Crippen molar-refractivity contribution >= 4 is 17.3 Å². The molecule has 0 aliphatic rings. The molecule has 2 N–H and O–H groups in total. The van der Waals surface area contributed by atoms with E-state index in [4.69, 9.17) is 11.6 Å². The van der Waals surface area contributed by atoms with Gasteiger partial charge in [0.1, 0.15) is 5.75 Å². The fraction of sp³-hybridized carbons (Fsp3) is 0.294. The van der Waals surface area contributed by atoms with Crippen LogP contribution in [0.1, 0.15) is 23.6 Å². The van der Waals surface area contributed by atoms with Crippen molar-refractivity contribution in [2.45, 2.75) is 33.2 Å². The van der Waals surface area contributed by atoms with Crippen LogP contribution in [0.3, 0.4) is 0 Å². The number of hydrogen-bond donors (Lipinski definition) is 2. The summed E-state index contributed by atoms with van der Waals surface area (Å²) in [4.78, 5) is 0. The van der Waals surface area contributed by atoms with E-state index < -0.39 is 0 Å². The van der Waals surface area contributed by atoms with Crippen molar-refractivity contribution in [2.75, 3.05) is 5.32 Å². The van der Waals surface area contributed by atoms with Crippen LogP contribution in [-0.2, 0) is 6.42 Å². The molecule has 0 aromatic heterocycles. The quantitative estimate of drug-likeness (QED) is 0.854. The number of phenolic OH excluding ortho intramolecular Hbond substituents is 1. The summed E-state index contributed by atoms with van der Waals surface area (Å²) in [6, 6.07) is 12.1. The SMILES string of the molecule is Cc1ccc(NC(C)Cc2ccc(Cl)cc2)c(C)c1O. The normalized spacial score (nSPS) is 12.2. The van der Waals surface area contributed by atoms with Crippen LogP contribution in [0, 0.1) is 13.8 Å². The van der Waals surface area contributed by atoms with Crippen LogP contribution in [-0.4, -0.2) is 11.1 Å². The molecule has 1 unspecified atom stereocenters. The second-order valence-electron chi connectivity index (χ2n) is 5.28. The van der Waals surface area contributed by atoms with Crippen LogP contribution < -0.4 is 5.32 Å². The van der Waals surface area contributed by atoms with Gasteiger partial charge in [-0.05, 0) is 56.5 Å². The van der Waals surface area contributed by atoms with E-state index in [1.165, 1.54) is 5.56 Å². The van der Waals surface area contributed by atoms with Crippen LogP contribution in [0.2, 0.25) is 5.02 Å². The van der Waals surface area contributed by atoms with E-state index in [0.29, 0.717) is 5.75 Å². The van der Waals surface area contributed by atoms with Crippen molar-refractivity contribution in [3.05, 3.63) is 58.1 Å². The van der Waals surface area contributed by atoms with E-state index in [0.717, 1.165) is 28.3 Å². The molecule has 1 atom stereocenters. The Morgan fingerprint density at radius 3 is 2.40 bits per heavy atom. The minimum Gasteiger partial charge on any atom is -0.507 e. The number of aromatic hydroxyl groups is 1. The predicted octanol–water partition coefficient (Wildman–Crippen LogP) is 4.71. The average molecular weight is 290 g/mol. The molecular weight excluding hydrogens is 270 g/mol. The van der Waals surface area contributed by atoms with Gasteiger partial charge in [-0.15, -0.1) is 0 Å². The first-order valence-corrected chi connectivity index (χ1v) is 7.15. The van der Waals surface area contributed by atoms with Crippen LogP contribution >= 0.6 is 11.6 Å². The van der Waals surface area contributed by atoms with Gasteiger partial charge in [-0.2, -0.15) is 0 Å².